The summed E-state index contributed by atoms with van der Waals surface area (Å²) in [5.41, 5.74) is 5.94. The third kappa shape index (κ3) is 2.18. The zero-order valence-electron chi connectivity index (χ0n) is 7.68. The Bertz CT molecular complexity index is 191. The van der Waals surface area contributed by atoms with E-state index in [1.54, 1.807) is 0 Å². The molecule has 2 fully saturated rings. The standard InChI is InChI=1S/C8H16N4O/c13-7-6-9-11-8(10-7)12-4-2-1-3-5-12/h8-9,11H,1-6H2,(H,10,13). The lowest BCUT2D eigenvalue weighted by Gasteiger charge is -2.37. The number of likely N-dealkylation sites (tertiary alicyclic amines) is 1. The molecule has 1 atom stereocenters. The normalized spacial score (nSPS) is 31.4. The minimum atomic E-state index is -0.0125. The van der Waals surface area contributed by atoms with Crippen molar-refractivity contribution in [1.29, 1.82) is 0 Å². The van der Waals surface area contributed by atoms with Crippen LogP contribution < -0.4 is 16.2 Å². The molecule has 0 radical (unpaired) electrons. The van der Waals surface area contributed by atoms with E-state index in [0.29, 0.717) is 6.54 Å². The van der Waals surface area contributed by atoms with Gasteiger partial charge in [0.2, 0.25) is 5.91 Å². The molecule has 0 saturated carbocycles. The van der Waals surface area contributed by atoms with Gasteiger partial charge in [-0.05, 0) is 12.8 Å². The first-order valence-corrected chi connectivity index (χ1v) is 4.88. The van der Waals surface area contributed by atoms with Gasteiger partial charge in [-0.3, -0.25) is 9.69 Å². The molecule has 74 valence electrons. The molecule has 0 bridgehead atoms. The van der Waals surface area contributed by atoms with Gasteiger partial charge in [0.25, 0.3) is 0 Å². The predicted octanol–water partition coefficient (Wildman–Crippen LogP) is -1.02. The van der Waals surface area contributed by atoms with Gasteiger partial charge in [0.15, 0.2) is 0 Å². The molecule has 5 heteroatoms. The Morgan fingerprint density at radius 3 is 2.69 bits per heavy atom. The van der Waals surface area contributed by atoms with Crippen molar-refractivity contribution in [3.63, 3.8) is 0 Å². The lowest BCUT2D eigenvalue weighted by molar-refractivity contribution is -0.125. The Balaban J connectivity index is 1.87. The molecule has 2 rings (SSSR count). The second kappa shape index (κ2) is 4.04. The summed E-state index contributed by atoms with van der Waals surface area (Å²) in [6.07, 6.45) is 3.76. The fourth-order valence-electron chi connectivity index (χ4n) is 1.83. The van der Waals surface area contributed by atoms with Crippen molar-refractivity contribution >= 4 is 5.91 Å². The van der Waals surface area contributed by atoms with Crippen LogP contribution in [0.2, 0.25) is 0 Å². The Kier molecular flexibility index (Phi) is 2.77. The van der Waals surface area contributed by atoms with E-state index in [1.165, 1.54) is 19.3 Å². The second-order valence-electron chi connectivity index (χ2n) is 3.56. The van der Waals surface area contributed by atoms with Crippen molar-refractivity contribution in [3.8, 4) is 0 Å². The van der Waals surface area contributed by atoms with Crippen LogP contribution in [-0.4, -0.2) is 36.7 Å². The molecule has 2 saturated heterocycles. The molecule has 13 heavy (non-hydrogen) atoms. The number of nitrogens with zero attached hydrogens (tertiary/aromatic N) is 1. The maximum Gasteiger partial charge on any atom is 0.237 e. The van der Waals surface area contributed by atoms with Crippen LogP contribution in [0.25, 0.3) is 0 Å². The molecule has 1 amide bonds. The average Bonchev–Trinajstić information content (AvgIpc) is 2.19. The molecule has 0 aromatic carbocycles. The van der Waals surface area contributed by atoms with E-state index >= 15 is 0 Å². The van der Waals surface area contributed by atoms with Gasteiger partial charge in [0.1, 0.15) is 6.29 Å². The highest BCUT2D eigenvalue weighted by atomic mass is 16.2. The van der Waals surface area contributed by atoms with E-state index in [0.717, 1.165) is 13.1 Å². The number of carbonyl (C=O) groups excluding carboxylic acids is 1. The molecule has 2 aliphatic rings. The van der Waals surface area contributed by atoms with E-state index in [-0.39, 0.29) is 12.2 Å². The third-order valence-electron chi connectivity index (χ3n) is 2.54. The van der Waals surface area contributed by atoms with Crippen molar-refractivity contribution in [2.75, 3.05) is 19.6 Å². The molecule has 2 aliphatic heterocycles. The molecule has 2 heterocycles. The zero-order chi connectivity index (χ0) is 9.10. The van der Waals surface area contributed by atoms with Crippen molar-refractivity contribution in [2.45, 2.75) is 25.6 Å². The number of hydrazine groups is 1. The van der Waals surface area contributed by atoms with Crippen LogP contribution in [0.5, 0.6) is 0 Å². The first kappa shape index (κ1) is 8.93. The van der Waals surface area contributed by atoms with Crippen molar-refractivity contribution < 1.29 is 4.79 Å². The minimum absolute atomic E-state index is 0.0125. The summed E-state index contributed by atoms with van der Waals surface area (Å²) >= 11 is 0. The molecular weight excluding hydrogens is 168 g/mol. The van der Waals surface area contributed by atoms with E-state index in [9.17, 15) is 4.79 Å². The zero-order valence-corrected chi connectivity index (χ0v) is 7.68. The van der Waals surface area contributed by atoms with Crippen molar-refractivity contribution in [3.05, 3.63) is 0 Å². The molecule has 0 aromatic rings. The smallest absolute Gasteiger partial charge is 0.237 e. The second-order valence-corrected chi connectivity index (χ2v) is 3.56. The highest BCUT2D eigenvalue weighted by Crippen LogP contribution is 2.09. The van der Waals surface area contributed by atoms with Gasteiger partial charge in [-0.25, -0.2) is 10.9 Å². The summed E-state index contributed by atoms with van der Waals surface area (Å²) < 4.78 is 0. The topological polar surface area (TPSA) is 56.4 Å². The number of hydrogen-bond acceptors (Lipinski definition) is 4. The molecule has 0 aromatic heterocycles. The van der Waals surface area contributed by atoms with Crippen LogP contribution in [0, 0.1) is 0 Å². The first-order valence-electron chi connectivity index (χ1n) is 4.88. The van der Waals surface area contributed by atoms with Crippen LogP contribution in [0.1, 0.15) is 19.3 Å². The summed E-state index contributed by atoms with van der Waals surface area (Å²) in [5, 5.41) is 2.90. The molecule has 0 spiro atoms. The fourth-order valence-corrected chi connectivity index (χ4v) is 1.83. The summed E-state index contributed by atoms with van der Waals surface area (Å²) in [6, 6.07) is 0. The van der Waals surface area contributed by atoms with Crippen LogP contribution >= 0.6 is 0 Å². The van der Waals surface area contributed by atoms with E-state index in [4.69, 9.17) is 0 Å². The van der Waals surface area contributed by atoms with Gasteiger partial charge in [-0.15, -0.1) is 0 Å². The van der Waals surface area contributed by atoms with E-state index in [2.05, 4.69) is 21.1 Å². The molecule has 3 N–H and O–H groups in total. The minimum Gasteiger partial charge on any atom is -0.326 e. The molecular formula is C8H16N4O. The van der Waals surface area contributed by atoms with Crippen LogP contribution in [-0.2, 0) is 4.79 Å². The number of nitrogens with one attached hydrogen (secondary N) is 3. The molecule has 1 unspecified atom stereocenters. The van der Waals surface area contributed by atoms with E-state index < -0.39 is 0 Å². The lowest BCUT2D eigenvalue weighted by atomic mass is 10.1. The highest BCUT2D eigenvalue weighted by molar-refractivity contribution is 5.78. The number of piperidine rings is 1. The van der Waals surface area contributed by atoms with Gasteiger partial charge in [0, 0.05) is 13.1 Å². The SMILES string of the molecule is O=C1CNNC(N2CCCCC2)N1. The largest absolute Gasteiger partial charge is 0.326 e. The monoisotopic (exact) mass is 184 g/mol. The molecule has 0 aliphatic carbocycles. The van der Waals surface area contributed by atoms with Gasteiger partial charge in [-0.2, -0.15) is 0 Å². The number of carbonyl (C=O) groups is 1. The Morgan fingerprint density at radius 1 is 1.23 bits per heavy atom. The summed E-state index contributed by atoms with van der Waals surface area (Å²) in [5.74, 6) is 0.0642. The number of hydrogen-bond donors (Lipinski definition) is 3. The van der Waals surface area contributed by atoms with Crippen LogP contribution in [0.3, 0.4) is 0 Å². The summed E-state index contributed by atoms with van der Waals surface area (Å²) in [7, 11) is 0. The number of amides is 1. The van der Waals surface area contributed by atoms with E-state index in [1.807, 2.05) is 0 Å². The van der Waals surface area contributed by atoms with Gasteiger partial charge in [-0.1, -0.05) is 6.42 Å². The summed E-state index contributed by atoms with van der Waals surface area (Å²) in [6.45, 7) is 2.50. The van der Waals surface area contributed by atoms with Crippen LogP contribution in [0.15, 0.2) is 0 Å². The van der Waals surface area contributed by atoms with Gasteiger partial charge < -0.3 is 5.32 Å². The highest BCUT2D eigenvalue weighted by Gasteiger charge is 2.24. The van der Waals surface area contributed by atoms with Crippen LogP contribution in [0.4, 0.5) is 0 Å². The molecule has 5 nitrogen and oxygen atoms in total. The number of rotatable bonds is 1. The first-order chi connectivity index (χ1) is 6.36. The Morgan fingerprint density at radius 2 is 2.00 bits per heavy atom. The summed E-state index contributed by atoms with van der Waals surface area (Å²) in [4.78, 5) is 13.3. The quantitative estimate of drug-likeness (QED) is 0.488. The Labute approximate surface area is 77.8 Å². The lowest BCUT2D eigenvalue weighted by Crippen LogP contribution is -2.67. The maximum absolute atomic E-state index is 11.1. The van der Waals surface area contributed by atoms with Crippen molar-refractivity contribution in [2.24, 2.45) is 0 Å². The van der Waals surface area contributed by atoms with Gasteiger partial charge in [0.05, 0.1) is 6.54 Å². The Hall–Kier alpha value is -0.650. The van der Waals surface area contributed by atoms with Crippen molar-refractivity contribution in [1.82, 2.24) is 21.1 Å². The average molecular weight is 184 g/mol. The predicted molar refractivity (Wildman–Crippen MR) is 48.5 cm³/mol. The van der Waals surface area contributed by atoms with Gasteiger partial charge >= 0.3 is 0 Å². The fraction of sp³-hybridized carbons (Fsp3) is 0.875. The maximum atomic E-state index is 11.1. The third-order valence-corrected chi connectivity index (χ3v) is 2.54.